The molecule has 0 saturated carbocycles. The van der Waals surface area contributed by atoms with Gasteiger partial charge in [-0.05, 0) is 36.3 Å². The van der Waals surface area contributed by atoms with Gasteiger partial charge in [0.05, 0.1) is 12.8 Å². The van der Waals surface area contributed by atoms with E-state index in [2.05, 4.69) is 5.32 Å². The number of hydrogen-bond acceptors (Lipinski definition) is 4. The van der Waals surface area contributed by atoms with E-state index in [1.165, 1.54) is 13.2 Å². The van der Waals surface area contributed by atoms with E-state index in [-0.39, 0.29) is 0 Å². The molecule has 0 spiro atoms. The third-order valence-electron chi connectivity index (χ3n) is 4.40. The maximum atomic E-state index is 13.0. The van der Waals surface area contributed by atoms with Crippen molar-refractivity contribution in [1.29, 1.82) is 0 Å². The van der Waals surface area contributed by atoms with E-state index >= 15 is 0 Å². The number of esters is 1. The minimum atomic E-state index is -1.11. The molecule has 0 aromatic heterocycles. The number of anilines is 1. The molecule has 1 amide bonds. The van der Waals surface area contributed by atoms with Crippen LogP contribution < -0.4 is 10.1 Å². The van der Waals surface area contributed by atoms with Crippen molar-refractivity contribution >= 4 is 23.6 Å². The van der Waals surface area contributed by atoms with Gasteiger partial charge in [0, 0.05) is 11.6 Å². The monoisotopic (exact) mass is 401 g/mol. The van der Waals surface area contributed by atoms with Gasteiger partial charge in [-0.25, -0.2) is 4.79 Å². The van der Waals surface area contributed by atoms with Crippen molar-refractivity contribution < 1.29 is 19.1 Å². The van der Waals surface area contributed by atoms with Crippen LogP contribution >= 0.6 is 0 Å². The van der Waals surface area contributed by atoms with Gasteiger partial charge in [-0.3, -0.25) is 4.79 Å². The number of carbonyl (C=O) groups is 2. The van der Waals surface area contributed by atoms with Crippen LogP contribution in [-0.2, 0) is 14.3 Å². The van der Waals surface area contributed by atoms with E-state index in [4.69, 9.17) is 9.47 Å². The molecule has 0 heterocycles. The molecule has 0 aliphatic carbocycles. The Balaban J connectivity index is 1.81. The Labute approximate surface area is 176 Å². The van der Waals surface area contributed by atoms with E-state index in [1.807, 2.05) is 49.4 Å². The van der Waals surface area contributed by atoms with Crippen molar-refractivity contribution in [3.05, 3.63) is 102 Å². The summed E-state index contributed by atoms with van der Waals surface area (Å²) >= 11 is 0. The summed E-state index contributed by atoms with van der Waals surface area (Å²) in [6, 6.07) is 23.7. The summed E-state index contributed by atoms with van der Waals surface area (Å²) in [4.78, 5) is 25.5. The third-order valence-corrected chi connectivity index (χ3v) is 4.40. The molecule has 0 fully saturated rings. The predicted molar refractivity (Wildman–Crippen MR) is 117 cm³/mol. The number of rotatable bonds is 7. The zero-order valence-corrected chi connectivity index (χ0v) is 16.9. The second-order valence-corrected chi connectivity index (χ2v) is 6.66. The summed E-state index contributed by atoms with van der Waals surface area (Å²) in [7, 11) is 1.53. The first-order valence-corrected chi connectivity index (χ1v) is 9.51. The Morgan fingerprint density at radius 2 is 1.60 bits per heavy atom. The lowest BCUT2D eigenvalue weighted by Gasteiger charge is -2.18. The highest BCUT2D eigenvalue weighted by Gasteiger charge is 2.25. The quantitative estimate of drug-likeness (QED) is 0.450. The first-order chi connectivity index (χ1) is 14.6. The third kappa shape index (κ3) is 5.58. The molecule has 5 nitrogen and oxygen atoms in total. The average Bonchev–Trinajstić information content (AvgIpc) is 2.77. The topological polar surface area (TPSA) is 64.6 Å². The van der Waals surface area contributed by atoms with Crippen molar-refractivity contribution in [2.75, 3.05) is 12.4 Å². The normalized spacial score (nSPS) is 11.7. The van der Waals surface area contributed by atoms with Crippen LogP contribution in [0.1, 0.15) is 22.8 Å². The second kappa shape index (κ2) is 10.1. The van der Waals surface area contributed by atoms with Crippen LogP contribution in [0.15, 0.2) is 84.9 Å². The molecular formula is C25H23NO4. The minimum absolute atomic E-state index is 0.466. The van der Waals surface area contributed by atoms with Crippen molar-refractivity contribution in [3.8, 4) is 5.75 Å². The van der Waals surface area contributed by atoms with Crippen LogP contribution in [0.3, 0.4) is 0 Å². The molecule has 0 radical (unpaired) electrons. The van der Waals surface area contributed by atoms with Crippen molar-refractivity contribution in [3.63, 3.8) is 0 Å². The molecule has 3 aromatic carbocycles. The number of carbonyl (C=O) groups excluding carboxylic acids is 2. The van der Waals surface area contributed by atoms with Gasteiger partial charge in [0.15, 0.2) is 0 Å². The van der Waals surface area contributed by atoms with E-state index in [0.29, 0.717) is 17.0 Å². The van der Waals surface area contributed by atoms with Gasteiger partial charge in [0.25, 0.3) is 5.91 Å². The summed E-state index contributed by atoms with van der Waals surface area (Å²) in [6.45, 7) is 1.91. The summed E-state index contributed by atoms with van der Waals surface area (Å²) in [5.74, 6) is -0.554. The molecule has 0 aliphatic rings. The predicted octanol–water partition coefficient (Wildman–Crippen LogP) is 4.94. The lowest BCUT2D eigenvalue weighted by molar-refractivity contribution is -0.149. The molecule has 3 aromatic rings. The van der Waals surface area contributed by atoms with Crippen molar-refractivity contribution in [1.82, 2.24) is 0 Å². The number of aryl methyl sites for hydroxylation is 1. The first kappa shape index (κ1) is 20.9. The average molecular weight is 401 g/mol. The van der Waals surface area contributed by atoms with Crippen molar-refractivity contribution in [2.45, 2.75) is 13.0 Å². The fraction of sp³-hybridized carbons (Fsp3) is 0.120. The van der Waals surface area contributed by atoms with Gasteiger partial charge < -0.3 is 14.8 Å². The van der Waals surface area contributed by atoms with Gasteiger partial charge in [-0.15, -0.1) is 0 Å². The summed E-state index contributed by atoms with van der Waals surface area (Å²) in [5.41, 5.74) is 2.91. The molecule has 0 unspecified atom stereocenters. The number of methoxy groups -OCH3 is 1. The zero-order valence-electron chi connectivity index (χ0n) is 16.9. The highest BCUT2D eigenvalue weighted by atomic mass is 16.5. The fourth-order valence-electron chi connectivity index (χ4n) is 2.90. The number of nitrogens with one attached hydrogen (secondary N) is 1. The Kier molecular flexibility index (Phi) is 7.00. The van der Waals surface area contributed by atoms with Gasteiger partial charge in [0.2, 0.25) is 6.10 Å². The highest BCUT2D eigenvalue weighted by Crippen LogP contribution is 2.27. The Morgan fingerprint density at radius 3 is 2.27 bits per heavy atom. The molecule has 0 saturated heterocycles. The van der Waals surface area contributed by atoms with E-state index in [9.17, 15) is 9.59 Å². The van der Waals surface area contributed by atoms with E-state index in [1.54, 1.807) is 42.5 Å². The van der Waals surface area contributed by atoms with Gasteiger partial charge in [0.1, 0.15) is 5.75 Å². The zero-order chi connectivity index (χ0) is 21.3. The Hall–Kier alpha value is -3.86. The molecule has 152 valence electrons. The molecule has 0 bridgehead atoms. The molecule has 30 heavy (non-hydrogen) atoms. The van der Waals surface area contributed by atoms with Crippen LogP contribution in [0.25, 0.3) is 6.08 Å². The van der Waals surface area contributed by atoms with E-state index < -0.39 is 18.0 Å². The Bertz CT molecular complexity index is 1030. The molecule has 3 rings (SSSR count). The minimum Gasteiger partial charge on any atom is -0.495 e. The number of ether oxygens (including phenoxy) is 2. The van der Waals surface area contributed by atoms with Crippen LogP contribution in [0.5, 0.6) is 5.75 Å². The van der Waals surface area contributed by atoms with Gasteiger partial charge >= 0.3 is 5.97 Å². The van der Waals surface area contributed by atoms with Gasteiger partial charge in [-0.1, -0.05) is 66.7 Å². The lowest BCUT2D eigenvalue weighted by Crippen LogP contribution is -2.25. The molecule has 0 aliphatic heterocycles. The SMILES string of the molecule is COc1ccc(C)cc1NC(=O)[C@H](OC(=O)/C=C/c1ccccc1)c1ccccc1. The summed E-state index contributed by atoms with van der Waals surface area (Å²) in [5, 5.41) is 2.81. The number of amides is 1. The Morgan fingerprint density at radius 1 is 0.933 bits per heavy atom. The van der Waals surface area contributed by atoms with Crippen molar-refractivity contribution in [2.24, 2.45) is 0 Å². The largest absolute Gasteiger partial charge is 0.495 e. The maximum Gasteiger partial charge on any atom is 0.331 e. The van der Waals surface area contributed by atoms with Crippen LogP contribution in [0, 0.1) is 6.92 Å². The standard InChI is InChI=1S/C25H23NO4/c1-18-13-15-22(29-2)21(17-18)26-25(28)24(20-11-7-4-8-12-20)30-23(27)16-14-19-9-5-3-6-10-19/h3-17,24H,1-2H3,(H,26,28)/b16-14+/t24-/m1/s1. The summed E-state index contributed by atoms with van der Waals surface area (Å²) < 4.78 is 10.8. The molecule has 5 heteroatoms. The molecular weight excluding hydrogens is 378 g/mol. The smallest absolute Gasteiger partial charge is 0.331 e. The molecule has 1 N–H and O–H groups in total. The highest BCUT2D eigenvalue weighted by molar-refractivity contribution is 5.98. The number of hydrogen-bond donors (Lipinski definition) is 1. The maximum absolute atomic E-state index is 13.0. The lowest BCUT2D eigenvalue weighted by atomic mass is 10.1. The first-order valence-electron chi connectivity index (χ1n) is 9.51. The van der Waals surface area contributed by atoms with Crippen LogP contribution in [-0.4, -0.2) is 19.0 Å². The van der Waals surface area contributed by atoms with Crippen LogP contribution in [0.2, 0.25) is 0 Å². The second-order valence-electron chi connectivity index (χ2n) is 6.66. The fourth-order valence-corrected chi connectivity index (χ4v) is 2.90. The summed E-state index contributed by atoms with van der Waals surface area (Å²) in [6.07, 6.45) is 1.85. The molecule has 1 atom stereocenters. The van der Waals surface area contributed by atoms with Gasteiger partial charge in [-0.2, -0.15) is 0 Å². The number of benzene rings is 3. The van der Waals surface area contributed by atoms with Crippen LogP contribution in [0.4, 0.5) is 5.69 Å². The van der Waals surface area contributed by atoms with E-state index in [0.717, 1.165) is 11.1 Å².